The highest BCUT2D eigenvalue weighted by atomic mass is 33.1. The van der Waals surface area contributed by atoms with Crippen molar-refractivity contribution >= 4 is 19.9 Å². The van der Waals surface area contributed by atoms with Gasteiger partial charge in [0, 0.05) is 5.75 Å². The first kappa shape index (κ1) is 10.2. The van der Waals surface area contributed by atoms with Crippen molar-refractivity contribution in [3.05, 3.63) is 0 Å². The van der Waals surface area contributed by atoms with Gasteiger partial charge in [0.05, 0.1) is 12.7 Å². The van der Waals surface area contributed by atoms with Crippen LogP contribution in [0, 0.1) is 0 Å². The van der Waals surface area contributed by atoms with Crippen molar-refractivity contribution in [3.63, 3.8) is 0 Å². The molecule has 0 spiro atoms. The second kappa shape index (κ2) is 4.14. The van der Waals surface area contributed by atoms with E-state index < -0.39 is 21.9 Å². The summed E-state index contributed by atoms with van der Waals surface area (Å²) in [6, 6.07) is 0. The fraction of sp³-hybridized carbons (Fsp3) is 1.00. The van der Waals surface area contributed by atoms with Crippen LogP contribution in [0.2, 0.25) is 0 Å². The monoisotopic (exact) mass is 188 g/mol. The Hall–Kier alpha value is 0.180. The smallest absolute Gasteiger partial charge is 0.319 e. The number of hydrogen-bond donors (Lipinski definition) is 3. The summed E-state index contributed by atoms with van der Waals surface area (Å²) in [5, 5.41) is 16.8. The van der Waals surface area contributed by atoms with Gasteiger partial charge < -0.3 is 10.2 Å². The third-order valence-corrected chi connectivity index (χ3v) is 2.74. The molecule has 0 saturated heterocycles. The molecule has 0 heterocycles. The van der Waals surface area contributed by atoms with Crippen molar-refractivity contribution in [2.45, 2.75) is 6.10 Å². The van der Waals surface area contributed by atoms with Crippen LogP contribution in [-0.4, -0.2) is 41.6 Å². The molecule has 0 aliphatic heterocycles. The van der Waals surface area contributed by atoms with Crippen LogP contribution in [0.5, 0.6) is 0 Å². The van der Waals surface area contributed by atoms with Crippen molar-refractivity contribution in [2.24, 2.45) is 0 Å². The van der Waals surface area contributed by atoms with Gasteiger partial charge in [-0.1, -0.05) is 0 Å². The van der Waals surface area contributed by atoms with E-state index in [2.05, 4.69) is 0 Å². The van der Waals surface area contributed by atoms with Crippen molar-refractivity contribution < 1.29 is 23.2 Å². The lowest BCUT2D eigenvalue weighted by molar-refractivity contribution is 0.114. The van der Waals surface area contributed by atoms with Gasteiger partial charge in [0.1, 0.15) is 0 Å². The van der Waals surface area contributed by atoms with Crippen LogP contribution >= 0.6 is 10.8 Å². The first-order valence-corrected chi connectivity index (χ1v) is 5.30. The Morgan fingerprint density at radius 1 is 1.50 bits per heavy atom. The van der Waals surface area contributed by atoms with Crippen LogP contribution in [-0.2, 0) is 9.15 Å². The van der Waals surface area contributed by atoms with E-state index in [1.54, 1.807) is 0 Å². The molecule has 0 aliphatic carbocycles. The van der Waals surface area contributed by atoms with Crippen LogP contribution in [0.4, 0.5) is 0 Å². The zero-order valence-corrected chi connectivity index (χ0v) is 6.60. The molecule has 7 heteroatoms. The molecular weight excluding hydrogens is 180 g/mol. The molecular formula is C3H8O5S2. The van der Waals surface area contributed by atoms with Crippen LogP contribution in [0.15, 0.2) is 0 Å². The first-order chi connectivity index (χ1) is 4.45. The van der Waals surface area contributed by atoms with E-state index in [9.17, 15) is 8.42 Å². The van der Waals surface area contributed by atoms with Gasteiger partial charge >= 0.3 is 9.15 Å². The lowest BCUT2D eigenvalue weighted by atomic mass is 10.4. The molecule has 0 fully saturated rings. The van der Waals surface area contributed by atoms with E-state index in [1.807, 2.05) is 0 Å². The number of hydrogen-bond acceptors (Lipinski definition) is 5. The Bertz CT molecular complexity index is 173. The van der Waals surface area contributed by atoms with Crippen molar-refractivity contribution in [1.29, 1.82) is 0 Å². The quantitative estimate of drug-likeness (QED) is 0.382. The van der Waals surface area contributed by atoms with Crippen LogP contribution < -0.4 is 0 Å². The van der Waals surface area contributed by atoms with E-state index in [4.69, 9.17) is 14.8 Å². The molecule has 0 rings (SSSR count). The second-order valence-corrected chi connectivity index (χ2v) is 4.94. The molecule has 5 nitrogen and oxygen atoms in total. The maximum Gasteiger partial charge on any atom is 0.319 e. The number of rotatable bonds is 4. The maximum atomic E-state index is 9.98. The molecule has 0 aliphatic rings. The molecule has 62 valence electrons. The highest BCUT2D eigenvalue weighted by Crippen LogP contribution is 2.09. The fourth-order valence-electron chi connectivity index (χ4n) is 0.217. The van der Waals surface area contributed by atoms with Crippen LogP contribution in [0.3, 0.4) is 0 Å². The largest absolute Gasteiger partial charge is 0.394 e. The first-order valence-electron chi connectivity index (χ1n) is 2.36. The average molecular weight is 188 g/mol. The van der Waals surface area contributed by atoms with E-state index in [1.165, 1.54) is 0 Å². The van der Waals surface area contributed by atoms with Gasteiger partial charge in [-0.05, 0) is 10.8 Å². The summed E-state index contributed by atoms with van der Waals surface area (Å²) in [5.74, 6) is -0.227. The fourth-order valence-corrected chi connectivity index (χ4v) is 1.64. The molecule has 0 aromatic heterocycles. The van der Waals surface area contributed by atoms with Gasteiger partial charge in [-0.25, -0.2) is 0 Å². The zero-order chi connectivity index (χ0) is 8.20. The van der Waals surface area contributed by atoms with Crippen LogP contribution in [0.1, 0.15) is 0 Å². The summed E-state index contributed by atoms with van der Waals surface area (Å²) in [6.45, 7) is -0.511. The minimum absolute atomic E-state index is 0.184. The molecule has 0 saturated carbocycles. The highest BCUT2D eigenvalue weighted by molar-refractivity contribution is 8.69. The van der Waals surface area contributed by atoms with Gasteiger partial charge in [0.15, 0.2) is 0 Å². The standard InChI is InChI=1S/C3H8O5S2/c4-1-3(5)2-9-10(6,7)8/h3-5H,1-2H2,(H,6,7,8). The predicted octanol–water partition coefficient (Wildman–Crippen LogP) is -1.12. The molecule has 0 aromatic carbocycles. The minimum Gasteiger partial charge on any atom is -0.394 e. The third kappa shape index (κ3) is 6.30. The molecule has 0 radical (unpaired) electrons. The summed E-state index contributed by atoms with van der Waals surface area (Å²) in [7, 11) is -3.90. The van der Waals surface area contributed by atoms with Gasteiger partial charge in [-0.2, -0.15) is 8.42 Å². The van der Waals surface area contributed by atoms with E-state index in [-0.39, 0.29) is 16.5 Å². The number of aliphatic hydroxyl groups is 2. The Kier molecular flexibility index (Phi) is 4.22. The maximum absolute atomic E-state index is 9.98. The Labute approximate surface area is 62.2 Å². The molecule has 10 heavy (non-hydrogen) atoms. The lowest BCUT2D eigenvalue weighted by Crippen LogP contribution is -2.15. The third-order valence-electron chi connectivity index (χ3n) is 0.620. The molecule has 0 amide bonds. The molecule has 1 unspecified atom stereocenters. The Morgan fingerprint density at radius 3 is 2.30 bits per heavy atom. The van der Waals surface area contributed by atoms with E-state index in [0.29, 0.717) is 0 Å². The highest BCUT2D eigenvalue weighted by Gasteiger charge is 2.09. The predicted molar refractivity (Wildman–Crippen MR) is 37.1 cm³/mol. The van der Waals surface area contributed by atoms with Crippen molar-refractivity contribution in [3.8, 4) is 0 Å². The second-order valence-electron chi connectivity index (χ2n) is 1.55. The molecule has 0 bridgehead atoms. The van der Waals surface area contributed by atoms with Crippen LogP contribution in [0.25, 0.3) is 0 Å². The summed E-state index contributed by atoms with van der Waals surface area (Å²) in [4.78, 5) is 0. The Morgan fingerprint density at radius 2 is 2.00 bits per heavy atom. The molecule has 3 N–H and O–H groups in total. The lowest BCUT2D eigenvalue weighted by Gasteiger charge is -2.02. The van der Waals surface area contributed by atoms with E-state index in [0.717, 1.165) is 0 Å². The number of aliphatic hydroxyl groups excluding tert-OH is 2. The molecule has 1 atom stereocenters. The van der Waals surface area contributed by atoms with Gasteiger partial charge in [0.25, 0.3) is 0 Å². The summed E-state index contributed by atoms with van der Waals surface area (Å²) in [5.41, 5.74) is 0. The van der Waals surface area contributed by atoms with Crippen molar-refractivity contribution in [2.75, 3.05) is 12.4 Å². The molecule has 0 aromatic rings. The van der Waals surface area contributed by atoms with E-state index >= 15 is 0 Å². The average Bonchev–Trinajstić information content (AvgIpc) is 1.81. The van der Waals surface area contributed by atoms with Gasteiger partial charge in [-0.15, -0.1) is 0 Å². The topological polar surface area (TPSA) is 94.8 Å². The van der Waals surface area contributed by atoms with Crippen molar-refractivity contribution in [1.82, 2.24) is 0 Å². The van der Waals surface area contributed by atoms with Gasteiger partial charge in [-0.3, -0.25) is 4.55 Å². The normalized spacial score (nSPS) is 15.1. The summed E-state index contributed by atoms with van der Waals surface area (Å²) < 4.78 is 28.1. The SMILES string of the molecule is O=S(=O)(O)SCC(O)CO. The Balaban J connectivity index is 3.56. The minimum atomic E-state index is -4.08. The summed E-state index contributed by atoms with van der Waals surface area (Å²) >= 11 is 0. The zero-order valence-electron chi connectivity index (χ0n) is 4.97. The van der Waals surface area contributed by atoms with Gasteiger partial charge in [0.2, 0.25) is 0 Å². The summed E-state index contributed by atoms with van der Waals surface area (Å²) in [6.07, 6.45) is -1.10.